The first kappa shape index (κ1) is 11.6. The van der Waals surface area contributed by atoms with Crippen molar-refractivity contribution in [2.75, 3.05) is 19.7 Å². The first-order chi connectivity index (χ1) is 7.72. The predicted octanol–water partition coefficient (Wildman–Crippen LogP) is 2.22. The maximum atomic E-state index is 13.0. The molecule has 16 heavy (non-hydrogen) atoms. The molecule has 0 unspecified atom stereocenters. The minimum atomic E-state index is -0.412. The molecule has 0 spiro atoms. The molecule has 86 valence electrons. The lowest BCUT2D eigenvalue weighted by molar-refractivity contribution is 0.326. The molecule has 0 atom stereocenters. The fourth-order valence-electron chi connectivity index (χ4n) is 1.92. The van der Waals surface area contributed by atoms with Crippen LogP contribution in [0.5, 0.6) is 0 Å². The second kappa shape index (κ2) is 4.95. The van der Waals surface area contributed by atoms with Gasteiger partial charge >= 0.3 is 0 Å². The Morgan fingerprint density at radius 2 is 2.25 bits per heavy atom. The molecule has 2 N–H and O–H groups in total. The lowest BCUT2D eigenvalue weighted by Gasteiger charge is -2.20. The third kappa shape index (κ3) is 2.26. The summed E-state index contributed by atoms with van der Waals surface area (Å²) in [6.45, 7) is 1.58. The molecule has 0 radical (unpaired) electrons. The van der Waals surface area contributed by atoms with Crippen LogP contribution >= 0.6 is 11.6 Å². The quantitative estimate of drug-likeness (QED) is 0.832. The van der Waals surface area contributed by atoms with Crippen LogP contribution in [0.4, 0.5) is 4.39 Å². The summed E-state index contributed by atoms with van der Waals surface area (Å²) in [6.07, 6.45) is 0.831. The molecule has 1 heterocycles. The Bertz CT molecular complexity index is 431. The van der Waals surface area contributed by atoms with Crippen LogP contribution in [-0.4, -0.2) is 24.8 Å². The second-order valence-electron chi connectivity index (χ2n) is 3.80. The van der Waals surface area contributed by atoms with Crippen LogP contribution in [0.3, 0.4) is 0 Å². The predicted molar refractivity (Wildman–Crippen MR) is 62.9 cm³/mol. The lowest BCUT2D eigenvalue weighted by Crippen LogP contribution is -2.26. The van der Waals surface area contributed by atoms with E-state index in [9.17, 15) is 9.50 Å². The molecular weight excluding hydrogens is 229 g/mol. The topological polar surface area (TPSA) is 32.3 Å². The van der Waals surface area contributed by atoms with Gasteiger partial charge in [0.2, 0.25) is 0 Å². The molecule has 1 aromatic rings. The number of halogens is 2. The monoisotopic (exact) mass is 241 g/mol. The Balaban J connectivity index is 2.41. The van der Waals surface area contributed by atoms with E-state index in [1.807, 2.05) is 0 Å². The number of nitrogens with one attached hydrogen (secondary N) is 1. The summed E-state index contributed by atoms with van der Waals surface area (Å²) in [6, 6.07) is 4.69. The normalized spacial score (nSPS) is 16.7. The van der Waals surface area contributed by atoms with E-state index in [4.69, 9.17) is 11.6 Å². The van der Waals surface area contributed by atoms with Crippen molar-refractivity contribution in [1.82, 2.24) is 5.32 Å². The molecule has 0 amide bonds. The second-order valence-corrected chi connectivity index (χ2v) is 4.20. The molecule has 1 aliphatic rings. The van der Waals surface area contributed by atoms with E-state index in [1.165, 1.54) is 6.07 Å². The summed E-state index contributed by atoms with van der Waals surface area (Å²) in [5.74, 6) is -0.412. The highest BCUT2D eigenvalue weighted by molar-refractivity contribution is 6.30. The van der Waals surface area contributed by atoms with Gasteiger partial charge in [0.1, 0.15) is 5.82 Å². The third-order valence-corrected chi connectivity index (χ3v) is 3.07. The van der Waals surface area contributed by atoms with Crippen molar-refractivity contribution in [3.8, 4) is 0 Å². The van der Waals surface area contributed by atoms with E-state index in [0.717, 1.165) is 29.7 Å². The van der Waals surface area contributed by atoms with Crippen molar-refractivity contribution in [1.29, 1.82) is 0 Å². The molecule has 2 nitrogen and oxygen atoms in total. The molecule has 0 fully saturated rings. The van der Waals surface area contributed by atoms with Gasteiger partial charge in [-0.3, -0.25) is 0 Å². The van der Waals surface area contributed by atoms with Crippen LogP contribution in [0.15, 0.2) is 23.8 Å². The fourth-order valence-corrected chi connectivity index (χ4v) is 2.10. The van der Waals surface area contributed by atoms with Crippen molar-refractivity contribution < 1.29 is 9.50 Å². The van der Waals surface area contributed by atoms with Gasteiger partial charge in [-0.25, -0.2) is 4.39 Å². The van der Waals surface area contributed by atoms with Crippen molar-refractivity contribution >= 4 is 17.2 Å². The van der Waals surface area contributed by atoms with Crippen LogP contribution in [-0.2, 0) is 0 Å². The molecular formula is C12H13ClFNO. The Hall–Kier alpha value is -0.900. The van der Waals surface area contributed by atoms with E-state index >= 15 is 0 Å². The molecule has 4 heteroatoms. The van der Waals surface area contributed by atoms with Gasteiger partial charge in [-0.2, -0.15) is 0 Å². The zero-order chi connectivity index (χ0) is 11.5. The molecule has 0 bridgehead atoms. The number of rotatable bonds is 2. The Labute approximate surface area is 98.7 Å². The number of hydrogen-bond acceptors (Lipinski definition) is 2. The molecule has 1 aromatic carbocycles. The van der Waals surface area contributed by atoms with Crippen LogP contribution in [0, 0.1) is 5.82 Å². The van der Waals surface area contributed by atoms with Gasteiger partial charge in [-0.15, -0.1) is 0 Å². The average molecular weight is 242 g/mol. The van der Waals surface area contributed by atoms with Crippen LogP contribution in [0.1, 0.15) is 12.0 Å². The van der Waals surface area contributed by atoms with E-state index in [2.05, 4.69) is 5.32 Å². The molecule has 1 aliphatic heterocycles. The minimum Gasteiger partial charge on any atom is -0.392 e. The van der Waals surface area contributed by atoms with Crippen LogP contribution in [0.2, 0.25) is 5.02 Å². The fraction of sp³-hybridized carbons (Fsp3) is 0.333. The Morgan fingerprint density at radius 1 is 1.44 bits per heavy atom. The number of aliphatic hydroxyl groups excluding tert-OH is 1. The summed E-state index contributed by atoms with van der Waals surface area (Å²) in [7, 11) is 0. The highest BCUT2D eigenvalue weighted by Gasteiger charge is 2.14. The van der Waals surface area contributed by atoms with E-state index in [-0.39, 0.29) is 11.6 Å². The molecule has 0 saturated carbocycles. The van der Waals surface area contributed by atoms with Gasteiger partial charge in [0.15, 0.2) is 0 Å². The van der Waals surface area contributed by atoms with Crippen molar-refractivity contribution in [3.05, 3.63) is 40.2 Å². The maximum absolute atomic E-state index is 13.0. The SMILES string of the molecule is OCC1=C(c2ccc(F)c(Cl)c2)CCNC1. The largest absolute Gasteiger partial charge is 0.392 e. The lowest BCUT2D eigenvalue weighted by atomic mass is 9.95. The molecule has 0 aliphatic carbocycles. The number of benzene rings is 1. The smallest absolute Gasteiger partial charge is 0.141 e. The van der Waals surface area contributed by atoms with Crippen LogP contribution in [0.25, 0.3) is 5.57 Å². The van der Waals surface area contributed by atoms with E-state index in [0.29, 0.717) is 6.54 Å². The van der Waals surface area contributed by atoms with Gasteiger partial charge < -0.3 is 10.4 Å². The number of hydrogen-bond donors (Lipinski definition) is 2. The standard InChI is InChI=1S/C12H13ClFNO/c13-11-5-8(1-2-12(11)14)10-3-4-15-6-9(10)7-16/h1-2,5,15-16H,3-4,6-7H2. The highest BCUT2D eigenvalue weighted by atomic mass is 35.5. The third-order valence-electron chi connectivity index (χ3n) is 2.78. The van der Waals surface area contributed by atoms with Gasteiger partial charge in [0.05, 0.1) is 11.6 Å². The molecule has 0 saturated heterocycles. The van der Waals surface area contributed by atoms with Gasteiger partial charge in [-0.1, -0.05) is 17.7 Å². The van der Waals surface area contributed by atoms with Crippen molar-refractivity contribution in [2.45, 2.75) is 6.42 Å². The van der Waals surface area contributed by atoms with Gasteiger partial charge in [0, 0.05) is 6.54 Å². The summed E-state index contributed by atoms with van der Waals surface area (Å²) in [5, 5.41) is 12.6. The Morgan fingerprint density at radius 3 is 2.94 bits per heavy atom. The minimum absolute atomic E-state index is 0.0251. The zero-order valence-corrected chi connectivity index (χ0v) is 9.52. The average Bonchev–Trinajstić information content (AvgIpc) is 2.32. The van der Waals surface area contributed by atoms with Crippen molar-refractivity contribution in [2.24, 2.45) is 0 Å². The first-order valence-corrected chi connectivity index (χ1v) is 5.58. The Kier molecular flexibility index (Phi) is 3.59. The summed E-state index contributed by atoms with van der Waals surface area (Å²) >= 11 is 5.75. The van der Waals surface area contributed by atoms with E-state index in [1.54, 1.807) is 12.1 Å². The van der Waals surface area contributed by atoms with Gasteiger partial charge in [-0.05, 0) is 41.8 Å². The maximum Gasteiger partial charge on any atom is 0.141 e. The van der Waals surface area contributed by atoms with Gasteiger partial charge in [0.25, 0.3) is 0 Å². The number of aliphatic hydroxyl groups is 1. The molecule has 2 rings (SSSR count). The summed E-state index contributed by atoms with van der Waals surface area (Å²) in [4.78, 5) is 0. The van der Waals surface area contributed by atoms with Crippen molar-refractivity contribution in [3.63, 3.8) is 0 Å². The van der Waals surface area contributed by atoms with E-state index < -0.39 is 5.82 Å². The summed E-state index contributed by atoms with van der Waals surface area (Å²) < 4.78 is 13.0. The summed E-state index contributed by atoms with van der Waals surface area (Å²) in [5.41, 5.74) is 2.93. The molecule has 0 aromatic heterocycles. The first-order valence-electron chi connectivity index (χ1n) is 5.20. The van der Waals surface area contributed by atoms with Crippen LogP contribution < -0.4 is 5.32 Å². The zero-order valence-electron chi connectivity index (χ0n) is 8.76. The highest BCUT2D eigenvalue weighted by Crippen LogP contribution is 2.27.